The topological polar surface area (TPSA) is 233 Å². The van der Waals surface area contributed by atoms with E-state index >= 15 is 0 Å². The van der Waals surface area contributed by atoms with Gasteiger partial charge in [-0.25, -0.2) is 15.0 Å². The highest BCUT2D eigenvalue weighted by Crippen LogP contribution is 2.33. The molecule has 7 rings (SSSR count). The zero-order valence-electron chi connectivity index (χ0n) is 40.6. The fraction of sp³-hybridized carbons (Fsp3) is 0.469. The molecule has 4 aromatic heterocycles. The molecule has 0 radical (unpaired) electrons. The number of carbonyl (C=O) groups excluding carboxylic acids is 5. The molecule has 6 heterocycles. The minimum Gasteiger partial charge on any atom is -0.391 e. The maximum atomic E-state index is 14.1. The zero-order valence-corrected chi connectivity index (χ0v) is 41.4. The van der Waals surface area contributed by atoms with E-state index in [1.165, 1.54) is 4.90 Å². The van der Waals surface area contributed by atoms with Crippen molar-refractivity contribution in [1.29, 1.82) is 0 Å². The molecule has 69 heavy (non-hydrogen) atoms. The maximum Gasteiger partial charge on any atom is 0.260 e. The Morgan fingerprint density at radius 3 is 2.43 bits per heavy atom. The Bertz CT molecular complexity index is 2660. The van der Waals surface area contributed by atoms with Gasteiger partial charge in [0.1, 0.15) is 35.7 Å². The van der Waals surface area contributed by atoms with Crippen molar-refractivity contribution < 1.29 is 29.1 Å². The molecule has 1 aromatic carbocycles. The van der Waals surface area contributed by atoms with Gasteiger partial charge in [0.15, 0.2) is 5.82 Å². The number of pyridine rings is 2. The maximum absolute atomic E-state index is 14.1. The summed E-state index contributed by atoms with van der Waals surface area (Å²) >= 11 is 1.56. The monoisotopic (exact) mass is 961 g/mol. The predicted molar refractivity (Wildman–Crippen MR) is 263 cm³/mol. The normalized spacial score (nSPS) is 16.2. The first-order chi connectivity index (χ1) is 32.9. The third kappa shape index (κ3) is 11.8. The van der Waals surface area contributed by atoms with Gasteiger partial charge < -0.3 is 40.7 Å². The number of fused-ring (bicyclic) bond motifs is 1. The molecule has 20 heteroatoms. The van der Waals surface area contributed by atoms with Crippen molar-refractivity contribution in [1.82, 2.24) is 55.9 Å². The Labute approximate surface area is 406 Å². The van der Waals surface area contributed by atoms with Crippen LogP contribution in [0.1, 0.15) is 93.7 Å². The fourth-order valence-electron chi connectivity index (χ4n) is 8.34. The number of aliphatic hydroxyl groups is 1. The number of benzene rings is 1. The van der Waals surface area contributed by atoms with Crippen molar-refractivity contribution in [3.63, 3.8) is 0 Å². The van der Waals surface area contributed by atoms with Crippen LogP contribution in [-0.4, -0.2) is 120 Å². The Morgan fingerprint density at radius 2 is 1.74 bits per heavy atom. The van der Waals surface area contributed by atoms with Gasteiger partial charge >= 0.3 is 0 Å². The molecule has 19 nitrogen and oxygen atoms in total. The molecule has 2 aliphatic rings. The molecule has 0 unspecified atom stereocenters. The summed E-state index contributed by atoms with van der Waals surface area (Å²) in [7, 11) is 1.93. The van der Waals surface area contributed by atoms with E-state index in [9.17, 15) is 29.1 Å². The van der Waals surface area contributed by atoms with Gasteiger partial charge in [0, 0.05) is 77.2 Å². The van der Waals surface area contributed by atoms with Crippen molar-refractivity contribution in [3.8, 4) is 22.0 Å². The van der Waals surface area contributed by atoms with Crippen LogP contribution in [-0.2, 0) is 45.4 Å². The number of nitrogens with one attached hydrogen (secondary N) is 4. The van der Waals surface area contributed by atoms with Crippen molar-refractivity contribution in [2.24, 2.45) is 5.41 Å². The van der Waals surface area contributed by atoms with E-state index in [2.05, 4.69) is 36.4 Å². The molecule has 5 amide bonds. The lowest BCUT2D eigenvalue weighted by Gasteiger charge is -2.35. The zero-order chi connectivity index (χ0) is 49.6. The van der Waals surface area contributed by atoms with Crippen LogP contribution in [0.3, 0.4) is 0 Å². The number of aliphatic hydroxyl groups excluding tert-OH is 1. The number of hydrogen-bond donors (Lipinski definition) is 5. The second-order valence-electron chi connectivity index (χ2n) is 18.8. The van der Waals surface area contributed by atoms with E-state index in [0.29, 0.717) is 54.0 Å². The summed E-state index contributed by atoms with van der Waals surface area (Å²) in [6.45, 7) is 15.6. The van der Waals surface area contributed by atoms with Crippen LogP contribution in [0.4, 0.5) is 11.6 Å². The van der Waals surface area contributed by atoms with Gasteiger partial charge in [-0.2, -0.15) is 0 Å². The number of aryl methyl sites for hydroxylation is 2. The van der Waals surface area contributed by atoms with Gasteiger partial charge in [0.05, 0.1) is 40.0 Å². The summed E-state index contributed by atoms with van der Waals surface area (Å²) < 4.78 is 1.89. The average Bonchev–Trinajstić information content (AvgIpc) is 4.15. The minimum absolute atomic E-state index is 0.0499. The predicted octanol–water partition coefficient (Wildman–Crippen LogP) is 3.99. The summed E-state index contributed by atoms with van der Waals surface area (Å²) in [6.07, 6.45) is 0.530. The average molecular weight is 962 g/mol. The third-order valence-corrected chi connectivity index (χ3v) is 13.5. The fourth-order valence-corrected chi connectivity index (χ4v) is 9.15. The highest BCUT2D eigenvalue weighted by atomic mass is 32.1. The van der Waals surface area contributed by atoms with E-state index < -0.39 is 41.3 Å². The number of amides is 5. The van der Waals surface area contributed by atoms with Crippen LogP contribution in [0.25, 0.3) is 22.0 Å². The lowest BCUT2D eigenvalue weighted by Crippen LogP contribution is -2.57. The Balaban J connectivity index is 0.896. The van der Waals surface area contributed by atoms with Gasteiger partial charge in [-0.1, -0.05) is 51.1 Å². The second-order valence-corrected chi connectivity index (χ2v) is 19.7. The quantitative estimate of drug-likeness (QED) is 0.0739. The number of nitrogens with zero attached hydrogens (tertiary/aromatic N) is 9. The van der Waals surface area contributed by atoms with E-state index in [1.54, 1.807) is 34.1 Å². The molecule has 5 N–H and O–H groups in total. The first-order valence-corrected chi connectivity index (χ1v) is 24.3. The number of carbonyl (C=O) groups is 5. The van der Waals surface area contributed by atoms with Crippen LogP contribution in [0, 0.1) is 12.3 Å². The Hall–Kier alpha value is -6.64. The van der Waals surface area contributed by atoms with Gasteiger partial charge in [-0.05, 0) is 62.4 Å². The van der Waals surface area contributed by atoms with Crippen molar-refractivity contribution in [3.05, 3.63) is 88.4 Å². The van der Waals surface area contributed by atoms with E-state index in [4.69, 9.17) is 9.97 Å². The van der Waals surface area contributed by atoms with Gasteiger partial charge in [-0.3, -0.25) is 28.9 Å². The Kier molecular flexibility index (Phi) is 15.8. The van der Waals surface area contributed by atoms with Crippen molar-refractivity contribution in [2.75, 3.05) is 36.5 Å². The number of β-amino-alcohol motifs (C(OH)–C–C–N with tert-alkyl or cyclic N) is 1. The number of hydrogen-bond acceptors (Lipinski definition) is 14. The molecule has 5 aromatic rings. The number of anilines is 2. The first kappa shape index (κ1) is 50.2. The highest BCUT2D eigenvalue weighted by Gasteiger charge is 2.44. The first-order valence-electron chi connectivity index (χ1n) is 23.4. The molecule has 0 bridgehead atoms. The largest absolute Gasteiger partial charge is 0.391 e. The molecule has 366 valence electrons. The van der Waals surface area contributed by atoms with Gasteiger partial charge in [0.25, 0.3) is 5.91 Å². The van der Waals surface area contributed by atoms with Crippen LogP contribution >= 0.6 is 11.3 Å². The van der Waals surface area contributed by atoms with Crippen LogP contribution in [0.2, 0.25) is 0 Å². The second kappa shape index (κ2) is 21.8. The number of rotatable bonds is 19. The Morgan fingerprint density at radius 1 is 0.986 bits per heavy atom. The van der Waals surface area contributed by atoms with E-state index in [-0.39, 0.29) is 63.3 Å². The minimum atomic E-state index is -1.02. The van der Waals surface area contributed by atoms with Crippen molar-refractivity contribution >= 4 is 52.5 Å². The molecular formula is C49H63N13O6S. The molecule has 1 saturated heterocycles. The molecule has 0 aliphatic carbocycles. The lowest BCUT2D eigenvalue weighted by molar-refractivity contribution is -0.144. The van der Waals surface area contributed by atoms with E-state index in [0.717, 1.165) is 27.3 Å². The van der Waals surface area contributed by atoms with E-state index in [1.807, 2.05) is 107 Å². The SMILES string of the molecule is CCn1cnnc1-c1cccc(N2Cc3c(cc(N(C)C(C)C)nc3CNCCNC(=O)CCC(=O)N[C@H](C(=O)N3C[C@H](O)C[C@H]3C(=O)NCc3ccc(-c4scnc4C)cc3)C(C)(C)C)C2=O)n1. The van der Waals surface area contributed by atoms with Gasteiger partial charge in [0.2, 0.25) is 23.6 Å². The van der Waals surface area contributed by atoms with Crippen LogP contribution in [0.15, 0.2) is 60.4 Å². The van der Waals surface area contributed by atoms with Crippen molar-refractivity contribution in [2.45, 2.75) is 118 Å². The third-order valence-electron chi connectivity index (χ3n) is 12.5. The highest BCUT2D eigenvalue weighted by molar-refractivity contribution is 7.13. The summed E-state index contributed by atoms with van der Waals surface area (Å²) in [6, 6.07) is 13.3. The number of thiazole rings is 1. The molecular weight excluding hydrogens is 899 g/mol. The van der Waals surface area contributed by atoms with Gasteiger partial charge in [-0.15, -0.1) is 21.5 Å². The molecule has 0 saturated carbocycles. The molecule has 2 aliphatic heterocycles. The summed E-state index contributed by atoms with van der Waals surface area (Å²) in [5.74, 6) is -0.122. The van der Waals surface area contributed by atoms with Crippen LogP contribution in [0.5, 0.6) is 0 Å². The van der Waals surface area contributed by atoms with Crippen LogP contribution < -0.4 is 31.1 Å². The summed E-state index contributed by atoms with van der Waals surface area (Å²) in [4.78, 5) is 88.0. The summed E-state index contributed by atoms with van der Waals surface area (Å²) in [5, 5.41) is 30.8. The molecule has 0 spiro atoms. The summed E-state index contributed by atoms with van der Waals surface area (Å²) in [5.41, 5.74) is 6.57. The number of aromatic nitrogens is 6. The molecule has 3 atom stereocenters. The number of likely N-dealkylation sites (tertiary alicyclic amines) is 1. The lowest BCUT2D eigenvalue weighted by atomic mass is 9.85. The molecule has 1 fully saturated rings. The smallest absolute Gasteiger partial charge is 0.260 e. The standard InChI is InChI=1S/C49H63N13O6S/c1-9-60-27-54-58-45(60)36-11-10-12-39(55-36)62-26-35-34(47(62)67)22-40(59(8)29(2)3)56-37(35)24-50-19-20-51-41(64)17-18-42(65)57-44(49(5,6)7)48(68)61-25-33(63)21-38(61)46(66)52-23-31-13-15-32(16-14-31)43-30(4)53-28-69-43/h10-16,22,27-29,33,38,44,50,63H,9,17-21,23-26H2,1-8H3,(H,51,64)(H,52,66)(H,57,65)/t33-,38+,44-/m1/s1.